The molecule has 1 heteroatoms. The molecular formula is C12H18O. The standard InChI is InChI=1S/C12H18O/c1-7-6-11(13)10-5-3-8-2-4-9(7)12(8)10/h7-10,12H,2-6H2,1H3. The molecule has 0 aromatic rings. The molecule has 0 heterocycles. The molecule has 3 aliphatic carbocycles. The molecule has 0 amide bonds. The van der Waals surface area contributed by atoms with E-state index in [1.165, 1.54) is 25.7 Å². The monoisotopic (exact) mass is 178 g/mol. The van der Waals surface area contributed by atoms with Gasteiger partial charge in [-0.05, 0) is 49.4 Å². The second kappa shape index (κ2) is 2.59. The zero-order valence-corrected chi connectivity index (χ0v) is 8.33. The van der Waals surface area contributed by atoms with Gasteiger partial charge in [-0.3, -0.25) is 4.79 Å². The van der Waals surface area contributed by atoms with Crippen LogP contribution in [0.1, 0.15) is 39.0 Å². The molecule has 0 aromatic heterocycles. The van der Waals surface area contributed by atoms with Gasteiger partial charge in [0.05, 0.1) is 0 Å². The van der Waals surface area contributed by atoms with Crippen LogP contribution in [-0.4, -0.2) is 5.78 Å². The van der Waals surface area contributed by atoms with Crippen LogP contribution < -0.4 is 0 Å². The van der Waals surface area contributed by atoms with Crippen molar-refractivity contribution >= 4 is 5.78 Å². The fraction of sp³-hybridized carbons (Fsp3) is 0.917. The van der Waals surface area contributed by atoms with Crippen molar-refractivity contribution in [2.24, 2.45) is 29.6 Å². The molecule has 0 spiro atoms. The van der Waals surface area contributed by atoms with E-state index in [1.54, 1.807) is 0 Å². The average Bonchev–Trinajstić information content (AvgIpc) is 2.60. The maximum Gasteiger partial charge on any atom is 0.136 e. The lowest BCUT2D eigenvalue weighted by molar-refractivity contribution is -0.129. The summed E-state index contributed by atoms with van der Waals surface area (Å²) in [5.41, 5.74) is 0. The molecule has 0 saturated heterocycles. The van der Waals surface area contributed by atoms with Crippen LogP contribution >= 0.6 is 0 Å². The molecular weight excluding hydrogens is 160 g/mol. The summed E-state index contributed by atoms with van der Waals surface area (Å²) in [6.45, 7) is 2.29. The van der Waals surface area contributed by atoms with Crippen molar-refractivity contribution in [3.8, 4) is 0 Å². The highest BCUT2D eigenvalue weighted by Gasteiger charge is 2.52. The number of hydrogen-bond donors (Lipinski definition) is 0. The topological polar surface area (TPSA) is 17.1 Å². The summed E-state index contributed by atoms with van der Waals surface area (Å²) in [5.74, 6) is 4.44. The average molecular weight is 178 g/mol. The van der Waals surface area contributed by atoms with Gasteiger partial charge in [-0.1, -0.05) is 6.92 Å². The second-order valence-corrected chi connectivity index (χ2v) is 5.41. The Morgan fingerprint density at radius 3 is 2.77 bits per heavy atom. The summed E-state index contributed by atoms with van der Waals surface area (Å²) in [4.78, 5) is 11.8. The van der Waals surface area contributed by atoms with E-state index in [0.29, 0.717) is 17.6 Å². The van der Waals surface area contributed by atoms with Gasteiger partial charge in [-0.25, -0.2) is 0 Å². The van der Waals surface area contributed by atoms with Crippen molar-refractivity contribution in [1.82, 2.24) is 0 Å². The van der Waals surface area contributed by atoms with E-state index in [4.69, 9.17) is 0 Å². The molecule has 3 saturated carbocycles. The lowest BCUT2D eigenvalue weighted by atomic mass is 9.69. The van der Waals surface area contributed by atoms with E-state index < -0.39 is 0 Å². The molecule has 3 rings (SSSR count). The van der Waals surface area contributed by atoms with Gasteiger partial charge >= 0.3 is 0 Å². The third kappa shape index (κ3) is 0.963. The lowest BCUT2D eigenvalue weighted by Crippen LogP contribution is -2.35. The van der Waals surface area contributed by atoms with Crippen LogP contribution in [0.15, 0.2) is 0 Å². The number of carbonyl (C=O) groups excluding carboxylic acids is 1. The summed E-state index contributed by atoms with van der Waals surface area (Å²) >= 11 is 0. The first-order valence-corrected chi connectivity index (χ1v) is 5.80. The van der Waals surface area contributed by atoms with Crippen LogP contribution in [-0.2, 0) is 4.79 Å². The molecule has 3 fully saturated rings. The van der Waals surface area contributed by atoms with Gasteiger partial charge in [0.2, 0.25) is 0 Å². The van der Waals surface area contributed by atoms with Gasteiger partial charge in [0, 0.05) is 12.3 Å². The van der Waals surface area contributed by atoms with E-state index in [9.17, 15) is 4.79 Å². The Bertz CT molecular complexity index is 246. The highest BCUT2D eigenvalue weighted by molar-refractivity contribution is 5.83. The molecule has 0 aromatic carbocycles. The van der Waals surface area contributed by atoms with E-state index in [0.717, 1.165) is 24.2 Å². The highest BCUT2D eigenvalue weighted by atomic mass is 16.1. The summed E-state index contributed by atoms with van der Waals surface area (Å²) in [6, 6.07) is 0. The fourth-order valence-electron chi connectivity index (χ4n) is 4.35. The molecule has 0 aliphatic heterocycles. The zero-order chi connectivity index (χ0) is 9.00. The Hall–Kier alpha value is -0.330. The summed E-state index contributed by atoms with van der Waals surface area (Å²) in [5, 5.41) is 0. The Kier molecular flexibility index (Phi) is 1.59. The largest absolute Gasteiger partial charge is 0.299 e. The maximum absolute atomic E-state index is 11.8. The second-order valence-electron chi connectivity index (χ2n) is 5.41. The summed E-state index contributed by atoms with van der Waals surface area (Å²) in [6.07, 6.45) is 6.30. The minimum absolute atomic E-state index is 0.494. The molecule has 1 nitrogen and oxygen atoms in total. The van der Waals surface area contributed by atoms with Crippen molar-refractivity contribution in [2.75, 3.05) is 0 Å². The smallest absolute Gasteiger partial charge is 0.136 e. The van der Waals surface area contributed by atoms with E-state index in [2.05, 4.69) is 6.92 Å². The number of rotatable bonds is 0. The first-order chi connectivity index (χ1) is 6.27. The Morgan fingerprint density at radius 2 is 1.92 bits per heavy atom. The Balaban J connectivity index is 1.95. The number of ketones is 1. The zero-order valence-electron chi connectivity index (χ0n) is 8.33. The van der Waals surface area contributed by atoms with E-state index >= 15 is 0 Å². The predicted molar refractivity (Wildman–Crippen MR) is 51.2 cm³/mol. The molecule has 3 aliphatic rings. The molecule has 72 valence electrons. The number of carbonyl (C=O) groups is 1. The van der Waals surface area contributed by atoms with Crippen LogP contribution in [0.5, 0.6) is 0 Å². The molecule has 5 unspecified atom stereocenters. The SMILES string of the molecule is CC1CC(=O)C2CCC3CCC1C32. The van der Waals surface area contributed by atoms with Crippen LogP contribution in [0.25, 0.3) is 0 Å². The number of Topliss-reactive ketones (excluding diaryl/α,β-unsaturated/α-hetero) is 1. The fourth-order valence-corrected chi connectivity index (χ4v) is 4.35. The van der Waals surface area contributed by atoms with Gasteiger partial charge in [0.25, 0.3) is 0 Å². The van der Waals surface area contributed by atoms with E-state index in [1.807, 2.05) is 0 Å². The van der Waals surface area contributed by atoms with Crippen molar-refractivity contribution in [3.05, 3.63) is 0 Å². The molecule has 0 bridgehead atoms. The van der Waals surface area contributed by atoms with Crippen LogP contribution in [0.3, 0.4) is 0 Å². The maximum atomic E-state index is 11.8. The normalized spacial score (nSPS) is 53.9. The first-order valence-electron chi connectivity index (χ1n) is 5.80. The molecule has 5 atom stereocenters. The van der Waals surface area contributed by atoms with Crippen LogP contribution in [0, 0.1) is 29.6 Å². The third-order valence-electron chi connectivity index (χ3n) is 4.89. The minimum Gasteiger partial charge on any atom is -0.299 e. The van der Waals surface area contributed by atoms with Crippen molar-refractivity contribution in [3.63, 3.8) is 0 Å². The van der Waals surface area contributed by atoms with Gasteiger partial charge in [0.1, 0.15) is 5.78 Å². The van der Waals surface area contributed by atoms with Gasteiger partial charge in [0.15, 0.2) is 0 Å². The summed E-state index contributed by atoms with van der Waals surface area (Å²) < 4.78 is 0. The Morgan fingerprint density at radius 1 is 1.15 bits per heavy atom. The highest BCUT2D eigenvalue weighted by Crippen LogP contribution is 2.56. The van der Waals surface area contributed by atoms with E-state index in [-0.39, 0.29) is 0 Å². The third-order valence-corrected chi connectivity index (χ3v) is 4.89. The Labute approximate surface area is 79.9 Å². The van der Waals surface area contributed by atoms with Gasteiger partial charge in [-0.15, -0.1) is 0 Å². The van der Waals surface area contributed by atoms with Gasteiger partial charge < -0.3 is 0 Å². The quantitative estimate of drug-likeness (QED) is 0.557. The molecule has 0 radical (unpaired) electrons. The van der Waals surface area contributed by atoms with Crippen LogP contribution in [0.4, 0.5) is 0 Å². The summed E-state index contributed by atoms with van der Waals surface area (Å²) in [7, 11) is 0. The minimum atomic E-state index is 0.494. The van der Waals surface area contributed by atoms with Crippen LogP contribution in [0.2, 0.25) is 0 Å². The van der Waals surface area contributed by atoms with Crippen molar-refractivity contribution in [2.45, 2.75) is 39.0 Å². The number of hydrogen-bond acceptors (Lipinski definition) is 1. The first kappa shape index (κ1) is 8.02. The van der Waals surface area contributed by atoms with Gasteiger partial charge in [-0.2, -0.15) is 0 Å². The van der Waals surface area contributed by atoms with Crippen molar-refractivity contribution in [1.29, 1.82) is 0 Å². The predicted octanol–water partition coefficient (Wildman–Crippen LogP) is 2.65. The van der Waals surface area contributed by atoms with Crippen molar-refractivity contribution < 1.29 is 4.79 Å². The molecule has 0 N–H and O–H groups in total. The lowest BCUT2D eigenvalue weighted by Gasteiger charge is -2.35. The molecule has 13 heavy (non-hydrogen) atoms.